The Morgan fingerprint density at radius 2 is 2.10 bits per heavy atom. The lowest BCUT2D eigenvalue weighted by Crippen LogP contribution is -2.32. The highest BCUT2D eigenvalue weighted by Crippen LogP contribution is 2.15. The lowest BCUT2D eigenvalue weighted by Gasteiger charge is -2.20. The molecule has 1 aromatic carbocycles. The number of nitrogens with one attached hydrogen (secondary N) is 2. The fourth-order valence-electron chi connectivity index (χ4n) is 3.89. The van der Waals surface area contributed by atoms with Crippen LogP contribution in [0.25, 0.3) is 10.9 Å². The zero-order valence-electron chi connectivity index (χ0n) is 17.4. The first kappa shape index (κ1) is 20.3. The number of H-pyrrole nitrogens is 1. The number of pyridine rings is 2. The van der Waals surface area contributed by atoms with E-state index in [1.165, 1.54) is 0 Å². The van der Waals surface area contributed by atoms with E-state index in [-0.39, 0.29) is 17.0 Å². The summed E-state index contributed by atoms with van der Waals surface area (Å²) >= 11 is 0. The number of nitrogens with zero attached hydrogens (tertiary/aromatic N) is 3. The number of benzene rings is 1. The van der Waals surface area contributed by atoms with Crippen LogP contribution in [0, 0.1) is 0 Å². The van der Waals surface area contributed by atoms with Gasteiger partial charge in [-0.3, -0.25) is 19.5 Å². The van der Waals surface area contributed by atoms with Gasteiger partial charge in [0, 0.05) is 49.5 Å². The number of likely N-dealkylation sites (N-methyl/N-ethyl adjacent to an activating group) is 1. The van der Waals surface area contributed by atoms with Crippen molar-refractivity contribution >= 4 is 16.8 Å². The van der Waals surface area contributed by atoms with Crippen molar-refractivity contribution in [3.05, 3.63) is 75.8 Å². The van der Waals surface area contributed by atoms with Crippen LogP contribution in [0.5, 0.6) is 0 Å². The minimum absolute atomic E-state index is 0.125. The highest BCUT2D eigenvalue weighted by Gasteiger charge is 2.24. The van der Waals surface area contributed by atoms with Gasteiger partial charge in [-0.2, -0.15) is 0 Å². The maximum absolute atomic E-state index is 12.5. The molecule has 1 saturated heterocycles. The molecule has 7 heteroatoms. The number of carbonyl (C=O) groups is 1. The van der Waals surface area contributed by atoms with Gasteiger partial charge in [0.1, 0.15) is 5.56 Å². The molecule has 3 aromatic rings. The third-order valence-electron chi connectivity index (χ3n) is 5.69. The quantitative estimate of drug-likeness (QED) is 0.656. The van der Waals surface area contributed by atoms with Gasteiger partial charge in [0.2, 0.25) is 0 Å². The average Bonchev–Trinajstić information content (AvgIpc) is 3.21. The van der Waals surface area contributed by atoms with Gasteiger partial charge < -0.3 is 15.2 Å². The fourth-order valence-corrected chi connectivity index (χ4v) is 3.89. The molecule has 156 valence electrons. The maximum Gasteiger partial charge on any atom is 0.261 e. The van der Waals surface area contributed by atoms with Crippen molar-refractivity contribution in [3.8, 4) is 0 Å². The summed E-state index contributed by atoms with van der Waals surface area (Å²) in [5.74, 6) is -0.384. The van der Waals surface area contributed by atoms with Crippen LogP contribution in [0.15, 0.2) is 53.5 Å². The molecule has 2 N–H and O–H groups in total. The Morgan fingerprint density at radius 1 is 1.27 bits per heavy atom. The number of rotatable bonds is 6. The summed E-state index contributed by atoms with van der Waals surface area (Å²) in [7, 11) is 4.19. The monoisotopic (exact) mass is 405 g/mol. The van der Waals surface area contributed by atoms with E-state index >= 15 is 0 Å². The third kappa shape index (κ3) is 4.58. The molecule has 30 heavy (non-hydrogen) atoms. The average molecular weight is 406 g/mol. The van der Waals surface area contributed by atoms with Crippen LogP contribution in [0.3, 0.4) is 0 Å². The molecule has 3 heterocycles. The van der Waals surface area contributed by atoms with Crippen molar-refractivity contribution < 1.29 is 4.79 Å². The Morgan fingerprint density at radius 3 is 2.87 bits per heavy atom. The predicted octanol–water partition coefficient (Wildman–Crippen LogP) is 1.99. The molecule has 0 saturated carbocycles. The molecule has 0 aliphatic carbocycles. The van der Waals surface area contributed by atoms with Gasteiger partial charge in [0.05, 0.1) is 5.52 Å². The van der Waals surface area contributed by atoms with Gasteiger partial charge in [-0.05, 0) is 50.3 Å². The minimum atomic E-state index is -0.384. The van der Waals surface area contributed by atoms with E-state index in [0.29, 0.717) is 19.1 Å². The summed E-state index contributed by atoms with van der Waals surface area (Å²) in [5.41, 5.74) is 2.40. The van der Waals surface area contributed by atoms with Gasteiger partial charge >= 0.3 is 0 Å². The second-order valence-electron chi connectivity index (χ2n) is 8.09. The summed E-state index contributed by atoms with van der Waals surface area (Å²) < 4.78 is 0. The van der Waals surface area contributed by atoms with Crippen LogP contribution in [-0.2, 0) is 13.1 Å². The van der Waals surface area contributed by atoms with E-state index in [4.69, 9.17) is 0 Å². The molecule has 1 aliphatic rings. The Balaban J connectivity index is 1.37. The zero-order chi connectivity index (χ0) is 21.1. The normalized spacial score (nSPS) is 17.0. The maximum atomic E-state index is 12.5. The number of amides is 1. The summed E-state index contributed by atoms with van der Waals surface area (Å²) in [6.45, 7) is 2.99. The molecule has 0 radical (unpaired) electrons. The van der Waals surface area contributed by atoms with E-state index in [1.54, 1.807) is 12.3 Å². The number of carbonyl (C=O) groups excluding carboxylic acids is 1. The number of aromatic amines is 1. The van der Waals surface area contributed by atoms with Gasteiger partial charge in [0.25, 0.3) is 11.5 Å². The Bertz CT molecular complexity index is 1110. The van der Waals surface area contributed by atoms with E-state index < -0.39 is 0 Å². The van der Waals surface area contributed by atoms with Gasteiger partial charge in [-0.15, -0.1) is 0 Å². The third-order valence-corrected chi connectivity index (χ3v) is 5.69. The molecule has 1 amide bonds. The smallest absolute Gasteiger partial charge is 0.261 e. The number of likely N-dealkylation sites (tertiary alicyclic amines) is 1. The van der Waals surface area contributed by atoms with Crippen molar-refractivity contribution in [2.45, 2.75) is 25.6 Å². The van der Waals surface area contributed by atoms with Crippen molar-refractivity contribution in [1.29, 1.82) is 0 Å². The first-order chi connectivity index (χ1) is 14.5. The number of fused-ring (bicyclic) bond motifs is 1. The summed E-state index contributed by atoms with van der Waals surface area (Å²) in [4.78, 5) is 36.8. The van der Waals surface area contributed by atoms with Crippen LogP contribution >= 0.6 is 0 Å². The van der Waals surface area contributed by atoms with E-state index in [1.807, 2.05) is 36.4 Å². The zero-order valence-corrected chi connectivity index (χ0v) is 17.4. The first-order valence-electron chi connectivity index (χ1n) is 10.2. The standard InChI is InChI=1S/C23H27N5O2/c1-27(2)19-9-10-28(15-19)14-18-7-8-20(23(30)26-18)22(29)25-13-16-11-17-5-3-4-6-21(17)24-12-16/h3-8,11-12,19H,9-10,13-15H2,1-2H3,(H,25,29)(H,26,30). The Hall–Kier alpha value is -3.03. The molecule has 1 fully saturated rings. The molecule has 4 rings (SSSR count). The van der Waals surface area contributed by atoms with Gasteiger partial charge in [-0.25, -0.2) is 0 Å². The first-order valence-corrected chi connectivity index (χ1v) is 10.2. The second-order valence-corrected chi connectivity index (χ2v) is 8.09. The van der Waals surface area contributed by atoms with Crippen LogP contribution in [-0.4, -0.2) is 58.9 Å². The Labute approximate surface area is 175 Å². The molecule has 1 unspecified atom stereocenters. The molecule has 7 nitrogen and oxygen atoms in total. The summed E-state index contributed by atoms with van der Waals surface area (Å²) in [6.07, 6.45) is 2.87. The number of hydrogen-bond donors (Lipinski definition) is 2. The SMILES string of the molecule is CN(C)C1CCN(Cc2ccc(C(=O)NCc3cnc4ccccc4c3)c(=O)[nH]2)C1. The molecule has 1 aliphatic heterocycles. The molecule has 0 spiro atoms. The molecular formula is C23H27N5O2. The largest absolute Gasteiger partial charge is 0.348 e. The second kappa shape index (κ2) is 8.77. The van der Waals surface area contributed by atoms with Crippen LogP contribution in [0.4, 0.5) is 0 Å². The number of aromatic nitrogens is 2. The number of para-hydroxylation sites is 1. The van der Waals surface area contributed by atoms with Crippen molar-refractivity contribution in [3.63, 3.8) is 0 Å². The number of hydrogen-bond acceptors (Lipinski definition) is 5. The van der Waals surface area contributed by atoms with E-state index in [9.17, 15) is 9.59 Å². The van der Waals surface area contributed by atoms with Crippen LogP contribution < -0.4 is 10.9 Å². The van der Waals surface area contributed by atoms with Crippen molar-refractivity contribution in [2.24, 2.45) is 0 Å². The lowest BCUT2D eigenvalue weighted by molar-refractivity contribution is 0.0949. The Kier molecular flexibility index (Phi) is 5.92. The van der Waals surface area contributed by atoms with E-state index in [2.05, 4.69) is 39.2 Å². The van der Waals surface area contributed by atoms with Gasteiger partial charge in [-0.1, -0.05) is 18.2 Å². The van der Waals surface area contributed by atoms with Crippen LogP contribution in [0.1, 0.15) is 28.0 Å². The minimum Gasteiger partial charge on any atom is -0.348 e. The van der Waals surface area contributed by atoms with E-state index in [0.717, 1.165) is 41.7 Å². The van der Waals surface area contributed by atoms with Crippen molar-refractivity contribution in [1.82, 2.24) is 25.1 Å². The van der Waals surface area contributed by atoms with Crippen LogP contribution in [0.2, 0.25) is 0 Å². The molecular weight excluding hydrogens is 378 g/mol. The fraction of sp³-hybridized carbons (Fsp3) is 0.348. The molecule has 0 bridgehead atoms. The van der Waals surface area contributed by atoms with Crippen molar-refractivity contribution in [2.75, 3.05) is 27.2 Å². The lowest BCUT2D eigenvalue weighted by atomic mass is 10.1. The molecule has 1 atom stereocenters. The predicted molar refractivity (Wildman–Crippen MR) is 117 cm³/mol. The summed E-state index contributed by atoms with van der Waals surface area (Å²) in [6, 6.07) is 13.8. The summed E-state index contributed by atoms with van der Waals surface area (Å²) in [5, 5.41) is 3.84. The highest BCUT2D eigenvalue weighted by molar-refractivity contribution is 5.93. The molecule has 2 aromatic heterocycles. The van der Waals surface area contributed by atoms with Gasteiger partial charge in [0.15, 0.2) is 0 Å². The highest BCUT2D eigenvalue weighted by atomic mass is 16.2. The topological polar surface area (TPSA) is 81.3 Å².